The second-order valence-corrected chi connectivity index (χ2v) is 8.80. The van der Waals surface area contributed by atoms with Crippen molar-refractivity contribution in [3.05, 3.63) is 102 Å². The molecule has 0 aliphatic rings. The number of unbranched alkanes of at least 4 members (excludes halogenated alkanes) is 2. The zero-order chi connectivity index (χ0) is 26.6. The number of methoxy groups -OCH3 is 1. The van der Waals surface area contributed by atoms with Crippen LogP contribution in [0.2, 0.25) is 0 Å². The Labute approximate surface area is 219 Å². The standard InChI is InChI=1S/C32H34O5/c1-5-6-7-8-31(37-32(34)23(2)3)36-29-20-16-26(17-21-29)25-12-14-27(15-13-25)30(33)22-11-24-9-18-28(35-4)19-10-24/h9-22,31H,2,5-8H2,1,3-4H3/b22-11+. The molecule has 5 nitrogen and oxygen atoms in total. The SMILES string of the molecule is C=C(C)C(=O)OC(CCCCC)Oc1ccc(-c2ccc(C(=O)/C=C/c3ccc(OC)cc3)cc2)cc1. The van der Waals surface area contributed by atoms with Crippen molar-refractivity contribution in [3.63, 3.8) is 0 Å². The van der Waals surface area contributed by atoms with Crippen LogP contribution >= 0.6 is 0 Å². The number of carbonyl (C=O) groups excluding carboxylic acids is 2. The molecule has 0 aromatic heterocycles. The van der Waals surface area contributed by atoms with E-state index in [1.165, 1.54) is 0 Å². The van der Waals surface area contributed by atoms with Crippen LogP contribution in [-0.2, 0) is 9.53 Å². The topological polar surface area (TPSA) is 61.8 Å². The van der Waals surface area contributed by atoms with Gasteiger partial charge in [-0.05, 0) is 60.4 Å². The summed E-state index contributed by atoms with van der Waals surface area (Å²) in [7, 11) is 1.62. The van der Waals surface area contributed by atoms with Gasteiger partial charge in [0.05, 0.1) is 7.11 Å². The van der Waals surface area contributed by atoms with Crippen molar-refractivity contribution in [1.29, 1.82) is 0 Å². The van der Waals surface area contributed by atoms with Gasteiger partial charge in [0.2, 0.25) is 6.29 Å². The number of ketones is 1. The van der Waals surface area contributed by atoms with Crippen LogP contribution in [0.15, 0.2) is 91.0 Å². The van der Waals surface area contributed by atoms with Gasteiger partial charge in [-0.2, -0.15) is 0 Å². The number of hydrogen-bond donors (Lipinski definition) is 0. The maximum atomic E-state index is 12.6. The van der Waals surface area contributed by atoms with Gasteiger partial charge in [0, 0.05) is 17.6 Å². The molecule has 0 bridgehead atoms. The van der Waals surface area contributed by atoms with Gasteiger partial charge >= 0.3 is 5.97 Å². The summed E-state index contributed by atoms with van der Waals surface area (Å²) >= 11 is 0. The predicted octanol–water partition coefficient (Wildman–Crippen LogP) is 7.66. The van der Waals surface area contributed by atoms with Crippen LogP contribution in [0.5, 0.6) is 11.5 Å². The van der Waals surface area contributed by atoms with Crippen molar-refractivity contribution in [3.8, 4) is 22.6 Å². The Morgan fingerprint density at radius 2 is 1.46 bits per heavy atom. The maximum absolute atomic E-state index is 12.6. The van der Waals surface area contributed by atoms with Gasteiger partial charge in [0.1, 0.15) is 11.5 Å². The van der Waals surface area contributed by atoms with Crippen LogP contribution in [0, 0.1) is 0 Å². The molecule has 192 valence electrons. The van der Waals surface area contributed by atoms with E-state index < -0.39 is 12.3 Å². The van der Waals surface area contributed by atoms with Crippen molar-refractivity contribution in [1.82, 2.24) is 0 Å². The molecule has 0 radical (unpaired) electrons. The molecule has 5 heteroatoms. The number of benzene rings is 3. The molecule has 0 spiro atoms. The first-order valence-corrected chi connectivity index (χ1v) is 12.5. The van der Waals surface area contributed by atoms with Crippen LogP contribution in [0.1, 0.15) is 55.5 Å². The molecule has 3 rings (SSSR count). The monoisotopic (exact) mass is 498 g/mol. The lowest BCUT2D eigenvalue weighted by atomic mass is 10.0. The van der Waals surface area contributed by atoms with Crippen molar-refractivity contribution >= 4 is 17.8 Å². The highest BCUT2D eigenvalue weighted by Crippen LogP contribution is 2.25. The molecule has 1 atom stereocenters. The molecule has 37 heavy (non-hydrogen) atoms. The molecular weight excluding hydrogens is 464 g/mol. The molecule has 0 N–H and O–H groups in total. The molecule has 0 aliphatic heterocycles. The Bertz CT molecular complexity index is 1210. The molecule has 3 aromatic carbocycles. The highest BCUT2D eigenvalue weighted by atomic mass is 16.7. The quantitative estimate of drug-likeness (QED) is 0.0796. The Balaban J connectivity index is 1.62. The van der Waals surface area contributed by atoms with E-state index in [4.69, 9.17) is 14.2 Å². The maximum Gasteiger partial charge on any atom is 0.336 e. The normalized spacial score (nSPS) is 11.6. The molecule has 0 fully saturated rings. The number of carbonyl (C=O) groups is 2. The van der Waals surface area contributed by atoms with Gasteiger partial charge in [-0.3, -0.25) is 4.79 Å². The highest BCUT2D eigenvalue weighted by molar-refractivity contribution is 6.07. The van der Waals surface area contributed by atoms with E-state index in [-0.39, 0.29) is 5.78 Å². The molecule has 3 aromatic rings. The average Bonchev–Trinajstić information content (AvgIpc) is 2.92. The van der Waals surface area contributed by atoms with Crippen molar-refractivity contribution < 1.29 is 23.8 Å². The van der Waals surface area contributed by atoms with Crippen LogP contribution in [-0.4, -0.2) is 25.2 Å². The van der Waals surface area contributed by atoms with Gasteiger partial charge in [-0.15, -0.1) is 0 Å². The highest BCUT2D eigenvalue weighted by Gasteiger charge is 2.16. The van der Waals surface area contributed by atoms with E-state index in [2.05, 4.69) is 13.5 Å². The third kappa shape index (κ3) is 8.50. The summed E-state index contributed by atoms with van der Waals surface area (Å²) in [4.78, 5) is 24.6. The number of ether oxygens (including phenoxy) is 3. The number of rotatable bonds is 13. The Kier molecular flexibility index (Phi) is 10.3. The summed E-state index contributed by atoms with van der Waals surface area (Å²) in [6.07, 6.45) is 6.34. The first-order valence-electron chi connectivity index (χ1n) is 12.5. The third-order valence-corrected chi connectivity index (χ3v) is 5.80. The van der Waals surface area contributed by atoms with Crippen molar-refractivity contribution in [2.24, 2.45) is 0 Å². The summed E-state index contributed by atoms with van der Waals surface area (Å²) in [6.45, 7) is 7.39. The number of esters is 1. The predicted molar refractivity (Wildman–Crippen MR) is 148 cm³/mol. The first-order chi connectivity index (χ1) is 17.9. The van der Waals surface area contributed by atoms with E-state index in [1.54, 1.807) is 26.2 Å². The number of allylic oxidation sites excluding steroid dienone is 1. The lowest BCUT2D eigenvalue weighted by Crippen LogP contribution is -2.24. The van der Waals surface area contributed by atoms with Crippen molar-refractivity contribution in [2.45, 2.75) is 45.8 Å². The second kappa shape index (κ2) is 13.8. The van der Waals surface area contributed by atoms with E-state index >= 15 is 0 Å². The zero-order valence-corrected chi connectivity index (χ0v) is 21.7. The smallest absolute Gasteiger partial charge is 0.336 e. The lowest BCUT2D eigenvalue weighted by Gasteiger charge is -2.19. The molecule has 0 saturated carbocycles. The minimum Gasteiger partial charge on any atom is -0.497 e. The minimum atomic E-state index is -0.655. The van der Waals surface area contributed by atoms with E-state index in [0.717, 1.165) is 41.7 Å². The van der Waals surface area contributed by atoms with Crippen LogP contribution in [0.3, 0.4) is 0 Å². The fourth-order valence-electron chi connectivity index (χ4n) is 3.61. The van der Waals surface area contributed by atoms with Gasteiger partial charge in [-0.1, -0.05) is 81.0 Å². The number of hydrogen-bond acceptors (Lipinski definition) is 5. The Morgan fingerprint density at radius 1 is 0.865 bits per heavy atom. The molecule has 0 amide bonds. The van der Waals surface area contributed by atoms with Crippen LogP contribution in [0.4, 0.5) is 0 Å². The van der Waals surface area contributed by atoms with Gasteiger partial charge in [-0.25, -0.2) is 4.79 Å². The van der Waals surface area contributed by atoms with Crippen LogP contribution in [0.25, 0.3) is 17.2 Å². The van der Waals surface area contributed by atoms with E-state index in [0.29, 0.717) is 23.3 Å². The summed E-state index contributed by atoms with van der Waals surface area (Å²) in [5, 5.41) is 0. The Hall–Kier alpha value is -4.12. The molecule has 0 aliphatic carbocycles. The average molecular weight is 499 g/mol. The molecule has 0 saturated heterocycles. The molecular formula is C32H34O5. The molecule has 1 unspecified atom stereocenters. The lowest BCUT2D eigenvalue weighted by molar-refractivity contribution is -0.159. The van der Waals surface area contributed by atoms with Gasteiger partial charge in [0.15, 0.2) is 5.78 Å². The fraction of sp³-hybridized carbons (Fsp3) is 0.250. The largest absolute Gasteiger partial charge is 0.497 e. The first kappa shape index (κ1) is 27.5. The third-order valence-electron chi connectivity index (χ3n) is 5.80. The minimum absolute atomic E-state index is 0.0652. The summed E-state index contributed by atoms with van der Waals surface area (Å²) < 4.78 is 16.6. The summed E-state index contributed by atoms with van der Waals surface area (Å²) in [6, 6.07) is 22.6. The summed E-state index contributed by atoms with van der Waals surface area (Å²) in [5.41, 5.74) is 3.85. The fourth-order valence-corrected chi connectivity index (χ4v) is 3.61. The summed E-state index contributed by atoms with van der Waals surface area (Å²) in [5.74, 6) is 0.878. The van der Waals surface area contributed by atoms with Crippen molar-refractivity contribution in [2.75, 3.05) is 7.11 Å². The van der Waals surface area contributed by atoms with E-state index in [9.17, 15) is 9.59 Å². The second-order valence-electron chi connectivity index (χ2n) is 8.80. The zero-order valence-electron chi connectivity index (χ0n) is 21.7. The Morgan fingerprint density at radius 3 is 2.03 bits per heavy atom. The van der Waals surface area contributed by atoms with E-state index in [1.807, 2.05) is 72.8 Å². The van der Waals surface area contributed by atoms with Gasteiger partial charge < -0.3 is 14.2 Å². The molecule has 0 heterocycles. The van der Waals surface area contributed by atoms with Gasteiger partial charge in [0.25, 0.3) is 0 Å². The van der Waals surface area contributed by atoms with Crippen LogP contribution < -0.4 is 9.47 Å².